The molecule has 2 aromatic carbocycles. The van der Waals surface area contributed by atoms with Crippen LogP contribution >= 0.6 is 0 Å². The molecule has 1 aliphatic rings. The number of rotatable bonds is 7. The highest BCUT2D eigenvalue weighted by atomic mass is 16.5. The van der Waals surface area contributed by atoms with Gasteiger partial charge in [-0.05, 0) is 49.8 Å². The van der Waals surface area contributed by atoms with Crippen molar-refractivity contribution in [1.29, 1.82) is 0 Å². The standard InChI is InChI=1S/C24H26N2O5/c1-15(2)14-26-19-9-8-18(13-21(19)31-16(3)24(26)28)25-23(27)11-7-17-6-10-20(29-4)22(12-17)30-5/h6-13,16H,1,14H2,2-5H3,(H,25,27)/b11-7+. The van der Waals surface area contributed by atoms with Crippen LogP contribution in [0.5, 0.6) is 17.2 Å². The van der Waals surface area contributed by atoms with Crippen LogP contribution in [-0.2, 0) is 9.59 Å². The van der Waals surface area contributed by atoms with Gasteiger partial charge in [-0.15, -0.1) is 0 Å². The number of fused-ring (bicyclic) bond motifs is 1. The van der Waals surface area contributed by atoms with Gasteiger partial charge in [0.25, 0.3) is 5.91 Å². The third kappa shape index (κ3) is 5.06. The molecule has 0 aliphatic carbocycles. The van der Waals surface area contributed by atoms with Gasteiger partial charge in [0.15, 0.2) is 17.6 Å². The molecular formula is C24H26N2O5. The average molecular weight is 422 g/mol. The quantitative estimate of drug-likeness (QED) is 0.538. The van der Waals surface area contributed by atoms with E-state index in [1.54, 1.807) is 62.5 Å². The molecule has 1 unspecified atom stereocenters. The number of anilines is 2. The van der Waals surface area contributed by atoms with Crippen LogP contribution in [0.4, 0.5) is 11.4 Å². The van der Waals surface area contributed by atoms with Crippen LogP contribution < -0.4 is 24.4 Å². The summed E-state index contributed by atoms with van der Waals surface area (Å²) in [6.45, 7) is 7.88. The second-order valence-corrected chi connectivity index (χ2v) is 7.26. The molecule has 0 fully saturated rings. The van der Waals surface area contributed by atoms with Crippen LogP contribution in [0.1, 0.15) is 19.4 Å². The van der Waals surface area contributed by atoms with Crippen molar-refractivity contribution in [2.45, 2.75) is 20.0 Å². The summed E-state index contributed by atoms with van der Waals surface area (Å²) in [5, 5.41) is 2.81. The van der Waals surface area contributed by atoms with E-state index in [0.717, 1.165) is 11.1 Å². The number of nitrogens with one attached hydrogen (secondary N) is 1. The van der Waals surface area contributed by atoms with Gasteiger partial charge in [-0.25, -0.2) is 0 Å². The largest absolute Gasteiger partial charge is 0.493 e. The molecule has 0 radical (unpaired) electrons. The Kier molecular flexibility index (Phi) is 6.65. The summed E-state index contributed by atoms with van der Waals surface area (Å²) in [5.74, 6) is 1.32. The monoisotopic (exact) mass is 422 g/mol. The number of amides is 2. The normalized spacial score (nSPS) is 15.3. The molecule has 0 aromatic heterocycles. The molecule has 0 saturated carbocycles. The minimum atomic E-state index is -0.609. The number of carbonyl (C=O) groups is 2. The second-order valence-electron chi connectivity index (χ2n) is 7.26. The van der Waals surface area contributed by atoms with Gasteiger partial charge in [0.05, 0.1) is 19.9 Å². The van der Waals surface area contributed by atoms with Crippen LogP contribution in [0, 0.1) is 0 Å². The number of benzene rings is 2. The molecule has 162 valence electrons. The fraction of sp³-hybridized carbons (Fsp3) is 0.250. The van der Waals surface area contributed by atoms with Crippen molar-refractivity contribution in [3.63, 3.8) is 0 Å². The maximum atomic E-state index is 12.5. The molecule has 1 heterocycles. The Morgan fingerprint density at radius 3 is 2.61 bits per heavy atom. The number of hydrogen-bond acceptors (Lipinski definition) is 5. The predicted octanol–water partition coefficient (Wildman–Crippen LogP) is 4.05. The Morgan fingerprint density at radius 1 is 1.19 bits per heavy atom. The van der Waals surface area contributed by atoms with E-state index < -0.39 is 6.10 Å². The van der Waals surface area contributed by atoms with Gasteiger partial charge >= 0.3 is 0 Å². The van der Waals surface area contributed by atoms with Gasteiger partial charge in [-0.2, -0.15) is 0 Å². The van der Waals surface area contributed by atoms with Gasteiger partial charge < -0.3 is 24.4 Å². The van der Waals surface area contributed by atoms with E-state index in [9.17, 15) is 9.59 Å². The Labute approximate surface area is 181 Å². The molecule has 1 atom stereocenters. The van der Waals surface area contributed by atoms with Crippen molar-refractivity contribution in [3.05, 3.63) is 60.2 Å². The number of methoxy groups -OCH3 is 2. The number of hydrogen-bond donors (Lipinski definition) is 1. The molecule has 1 aliphatic heterocycles. The molecule has 2 aromatic rings. The first-order valence-corrected chi connectivity index (χ1v) is 9.80. The van der Waals surface area contributed by atoms with Crippen LogP contribution in [-0.4, -0.2) is 38.7 Å². The summed E-state index contributed by atoms with van der Waals surface area (Å²) in [7, 11) is 3.12. The van der Waals surface area contributed by atoms with Crippen molar-refractivity contribution in [3.8, 4) is 17.2 Å². The summed E-state index contributed by atoms with van der Waals surface area (Å²) < 4.78 is 16.2. The highest BCUT2D eigenvalue weighted by Gasteiger charge is 2.31. The zero-order valence-electron chi connectivity index (χ0n) is 18.1. The Hall–Kier alpha value is -3.74. The third-order valence-corrected chi connectivity index (χ3v) is 4.70. The minimum Gasteiger partial charge on any atom is -0.493 e. The zero-order chi connectivity index (χ0) is 22.5. The topological polar surface area (TPSA) is 77.1 Å². The lowest BCUT2D eigenvalue weighted by Gasteiger charge is -2.33. The van der Waals surface area contributed by atoms with E-state index in [-0.39, 0.29) is 11.8 Å². The maximum Gasteiger partial charge on any atom is 0.268 e. The molecule has 0 bridgehead atoms. The number of ether oxygens (including phenoxy) is 3. The van der Waals surface area contributed by atoms with Gasteiger partial charge in [0.1, 0.15) is 5.75 Å². The van der Waals surface area contributed by atoms with E-state index in [2.05, 4.69) is 11.9 Å². The fourth-order valence-electron chi connectivity index (χ4n) is 3.23. The summed E-state index contributed by atoms with van der Waals surface area (Å²) >= 11 is 0. The van der Waals surface area contributed by atoms with Crippen LogP contribution in [0.25, 0.3) is 6.08 Å². The van der Waals surface area contributed by atoms with E-state index in [1.165, 1.54) is 6.08 Å². The fourth-order valence-corrected chi connectivity index (χ4v) is 3.23. The SMILES string of the molecule is C=C(C)CN1C(=O)C(C)Oc2cc(NC(=O)/C=C/c3ccc(OC)c(OC)c3)ccc21. The first-order valence-electron chi connectivity index (χ1n) is 9.80. The Bertz CT molecular complexity index is 1040. The van der Waals surface area contributed by atoms with Crippen LogP contribution in [0.15, 0.2) is 54.6 Å². The first-order chi connectivity index (χ1) is 14.8. The average Bonchev–Trinajstić information content (AvgIpc) is 2.74. The Balaban J connectivity index is 1.74. The van der Waals surface area contributed by atoms with Gasteiger partial charge in [-0.3, -0.25) is 9.59 Å². The molecule has 3 rings (SSSR count). The molecule has 1 N–H and O–H groups in total. The second kappa shape index (κ2) is 9.38. The zero-order valence-corrected chi connectivity index (χ0v) is 18.1. The number of nitrogens with zero attached hydrogens (tertiary/aromatic N) is 1. The van der Waals surface area contributed by atoms with Gasteiger partial charge in [0, 0.05) is 24.4 Å². The molecule has 7 heteroatoms. The van der Waals surface area contributed by atoms with Crippen molar-refractivity contribution in [1.82, 2.24) is 0 Å². The smallest absolute Gasteiger partial charge is 0.268 e. The van der Waals surface area contributed by atoms with Crippen LogP contribution in [0.3, 0.4) is 0 Å². The molecular weight excluding hydrogens is 396 g/mol. The molecule has 7 nitrogen and oxygen atoms in total. The molecule has 0 saturated heterocycles. The minimum absolute atomic E-state index is 0.120. The van der Waals surface area contributed by atoms with Crippen molar-refractivity contribution in [2.24, 2.45) is 0 Å². The first kappa shape index (κ1) is 22.0. The maximum absolute atomic E-state index is 12.5. The van der Waals surface area contributed by atoms with E-state index in [4.69, 9.17) is 14.2 Å². The third-order valence-electron chi connectivity index (χ3n) is 4.70. The lowest BCUT2D eigenvalue weighted by atomic mass is 10.1. The predicted molar refractivity (Wildman–Crippen MR) is 121 cm³/mol. The number of carbonyl (C=O) groups excluding carboxylic acids is 2. The van der Waals surface area contributed by atoms with Crippen molar-refractivity contribution in [2.75, 3.05) is 31.0 Å². The van der Waals surface area contributed by atoms with Crippen molar-refractivity contribution >= 4 is 29.3 Å². The highest BCUT2D eigenvalue weighted by Crippen LogP contribution is 2.36. The van der Waals surface area contributed by atoms with E-state index in [1.807, 2.05) is 13.0 Å². The molecule has 0 spiro atoms. The highest BCUT2D eigenvalue weighted by molar-refractivity contribution is 6.03. The summed E-state index contributed by atoms with van der Waals surface area (Å²) in [6, 6.07) is 10.6. The van der Waals surface area contributed by atoms with E-state index in [0.29, 0.717) is 35.2 Å². The van der Waals surface area contributed by atoms with Gasteiger partial charge in [-0.1, -0.05) is 18.2 Å². The van der Waals surface area contributed by atoms with Crippen molar-refractivity contribution < 1.29 is 23.8 Å². The van der Waals surface area contributed by atoms with E-state index >= 15 is 0 Å². The lowest BCUT2D eigenvalue weighted by molar-refractivity contribution is -0.125. The molecule has 2 amide bonds. The molecule has 31 heavy (non-hydrogen) atoms. The summed E-state index contributed by atoms with van der Waals surface area (Å²) in [5.41, 5.74) is 2.89. The van der Waals surface area contributed by atoms with Crippen LogP contribution in [0.2, 0.25) is 0 Å². The summed E-state index contributed by atoms with van der Waals surface area (Å²) in [4.78, 5) is 26.5. The lowest BCUT2D eigenvalue weighted by Crippen LogP contribution is -2.45. The summed E-state index contributed by atoms with van der Waals surface area (Å²) in [6.07, 6.45) is 2.51. The van der Waals surface area contributed by atoms with Gasteiger partial charge in [0.2, 0.25) is 5.91 Å². The Morgan fingerprint density at radius 2 is 1.94 bits per heavy atom.